The fraction of sp³-hybridized carbons (Fsp3) is 0.895. The number of amidine groups is 1. The molecule has 0 bridgehead atoms. The predicted molar refractivity (Wildman–Crippen MR) is 350 cm³/mol. The molecule has 0 aliphatic carbocycles. The number of nitrogens with zero attached hydrogens (tertiary/aromatic N) is 4. The molecule has 0 aromatic carbocycles. The van der Waals surface area contributed by atoms with Gasteiger partial charge in [-0.1, -0.05) is 14.4 Å². The van der Waals surface area contributed by atoms with Gasteiger partial charge in [0.25, 0.3) is 0 Å². The van der Waals surface area contributed by atoms with E-state index in [9.17, 15) is 75.7 Å². The van der Waals surface area contributed by atoms with Crippen molar-refractivity contribution < 1.29 is 143 Å². The molecule has 4 fully saturated rings. The van der Waals surface area contributed by atoms with Crippen LogP contribution in [0.1, 0.15) is 40.0 Å². The van der Waals surface area contributed by atoms with Crippen LogP contribution < -0.4 is 16.8 Å². The van der Waals surface area contributed by atoms with Gasteiger partial charge in [0.05, 0.1) is 51.3 Å². The number of nitrogens with one attached hydrogen (secondary N) is 1. The monoisotopic (exact) mass is 1480 g/mol. The van der Waals surface area contributed by atoms with E-state index in [2.05, 4.69) is 10.3 Å². The number of ether oxygens (including phenoxy) is 9. The quantitative estimate of drug-likeness (QED) is 0.0153. The number of hydrogen-bond donors (Lipinski definition) is 16. The molecular weight excluding hydrogens is 1370 g/mol. The zero-order chi connectivity index (χ0) is 71.7. The Morgan fingerprint density at radius 3 is 1.55 bits per heavy atom. The first-order valence-electron chi connectivity index (χ1n) is 31.1. The molecule has 97 heavy (non-hydrogen) atoms. The highest BCUT2D eigenvalue weighted by atomic mass is 32.2. The highest BCUT2D eigenvalue weighted by molar-refractivity contribution is 8.00. The van der Waals surface area contributed by atoms with E-state index in [0.717, 1.165) is 17.5 Å². The first-order chi connectivity index (χ1) is 45.8. The number of aliphatic hydroxyl groups excluding tert-OH is 11. The summed E-state index contributed by atoms with van der Waals surface area (Å²) in [5.41, 5.74) is 10.7. The van der Waals surface area contributed by atoms with Gasteiger partial charge in [0.1, 0.15) is 103 Å². The third kappa shape index (κ3) is 35.2. The lowest BCUT2D eigenvalue weighted by Gasteiger charge is -2.45. The van der Waals surface area contributed by atoms with Crippen LogP contribution in [0.3, 0.4) is 0 Å². The van der Waals surface area contributed by atoms with Crippen molar-refractivity contribution in [2.75, 3.05) is 159 Å². The number of rotatable bonds is 46. The van der Waals surface area contributed by atoms with Crippen LogP contribution >= 0.6 is 47.0 Å². The minimum Gasteiger partial charge on any atom is -0.480 e. The third-order valence-electron chi connectivity index (χ3n) is 14.9. The maximum absolute atomic E-state index is 12.7. The molecule has 36 nitrogen and oxygen atoms in total. The Labute approximate surface area is 581 Å². The van der Waals surface area contributed by atoms with Crippen molar-refractivity contribution in [1.82, 2.24) is 20.0 Å². The Balaban J connectivity index is 0.00000646. The highest BCUT2D eigenvalue weighted by Crippen LogP contribution is 2.32. The van der Waals surface area contributed by atoms with Gasteiger partial charge in [0, 0.05) is 82.9 Å². The van der Waals surface area contributed by atoms with Crippen molar-refractivity contribution in [1.29, 1.82) is 0 Å². The Kier molecular flexibility index (Phi) is 50.3. The van der Waals surface area contributed by atoms with E-state index in [1.807, 2.05) is 11.9 Å². The standard InChI is InChI=1S/C54H101N7O25S4.2CO2.CH4/c1-4-31-39(68)45(74)49(79-17-7-20-88-22-9-57-35(56)30-90-54-47(76)43(72)40(69)32(27-62)86-54)52(84-31)82-29-34-42(71)46(75)50(80-16-6-18-87-21-8-55)53(85-34)81-28-33-41(70)44(73)48(51(77)83-33)78-15-5-19-89-23-10-58-36(63)24-61(26-38(66)67)14-13-59(2)11-12-60(3)25-37(64)65;2*2-1-3;/h31-34,39-54,62,68-77H,4-30,55H2,1-3H3,(H2,56,57)(H,58,63)(H,64,65)(H,66,67);;;1H4/t31?,32?,33?,34?,39-,40-,41-,42-,43?,44+,45+,46+,47-,48?,49?,50?,51+,52+,53+,54-;;;/m1.../s1. The molecule has 40 heteroatoms. The van der Waals surface area contributed by atoms with Crippen LogP contribution in [-0.4, -0.2) is 398 Å². The van der Waals surface area contributed by atoms with Crippen LogP contribution in [0.2, 0.25) is 0 Å². The largest absolute Gasteiger partial charge is 0.480 e. The zero-order valence-electron chi connectivity index (χ0n) is 54.1. The minimum atomic E-state index is -1.71. The van der Waals surface area contributed by atoms with Crippen LogP contribution in [0.4, 0.5) is 0 Å². The van der Waals surface area contributed by atoms with Crippen LogP contribution in [0, 0.1) is 0 Å². The van der Waals surface area contributed by atoms with Gasteiger partial charge in [-0.15, -0.1) is 11.8 Å². The Hall–Kier alpha value is -2.92. The van der Waals surface area contributed by atoms with E-state index in [4.69, 9.17) is 78.4 Å². The molecule has 4 rings (SSSR count). The number of hydrogen-bond acceptors (Lipinski definition) is 36. The van der Waals surface area contributed by atoms with Gasteiger partial charge in [0.2, 0.25) is 5.91 Å². The Morgan fingerprint density at radius 2 is 1.02 bits per heavy atom. The molecule has 4 aliphatic heterocycles. The molecule has 4 heterocycles. The molecule has 0 aromatic rings. The van der Waals surface area contributed by atoms with Gasteiger partial charge in [-0.3, -0.25) is 29.2 Å². The van der Waals surface area contributed by atoms with Crippen molar-refractivity contribution in [3.8, 4) is 0 Å². The van der Waals surface area contributed by atoms with Gasteiger partial charge in [-0.25, -0.2) is 0 Å². The molecule has 0 aromatic heterocycles. The number of aliphatic hydroxyl groups is 11. The SMILES string of the molecule is C.CCC1O[C@H](OCC2O[C@H](OCC3O[C@H](O)C(OCCCSCCNC(=O)CN(CCN(C)CCN(C)CC(=O)O)CC(=O)O)[C@@H](O)[C@@H]3O)C(OCCCSCCN)[C@@H](O)[C@@H]2O)C(OCCCSCCN=C(N)CS[C@H]2OC(CO)[C@@H](O)C(O)[C@H]2O)[C@@H](O)[C@@H]1O.O=C=O.O=C=O. The number of aliphatic imine (C=N–C) groups is 1. The van der Waals surface area contributed by atoms with Gasteiger partial charge < -0.3 is 131 Å². The molecule has 1 amide bonds. The van der Waals surface area contributed by atoms with Crippen molar-refractivity contribution in [3.63, 3.8) is 0 Å². The molecule has 18 N–H and O–H groups in total. The van der Waals surface area contributed by atoms with Gasteiger partial charge in [-0.05, 0) is 57.0 Å². The summed E-state index contributed by atoms with van der Waals surface area (Å²) in [5.74, 6) is 1.73. The molecule has 8 unspecified atom stereocenters. The van der Waals surface area contributed by atoms with Crippen molar-refractivity contribution in [2.45, 2.75) is 162 Å². The summed E-state index contributed by atoms with van der Waals surface area (Å²) in [6.07, 6.45) is -24.2. The smallest absolute Gasteiger partial charge is 0.373 e. The predicted octanol–water partition coefficient (Wildman–Crippen LogP) is -6.94. The number of carboxylic acids is 2. The summed E-state index contributed by atoms with van der Waals surface area (Å²) in [6, 6.07) is 0. The fourth-order valence-corrected chi connectivity index (χ4v) is 12.9. The van der Waals surface area contributed by atoms with Crippen molar-refractivity contribution in [2.24, 2.45) is 16.5 Å². The summed E-state index contributed by atoms with van der Waals surface area (Å²) in [4.78, 5) is 77.0. The molecule has 566 valence electrons. The second kappa shape index (κ2) is 53.0. The molecule has 20 atom stereocenters. The van der Waals surface area contributed by atoms with Gasteiger partial charge in [0.15, 0.2) is 18.9 Å². The average Bonchev–Trinajstić information content (AvgIpc) is 0.808. The van der Waals surface area contributed by atoms with Crippen molar-refractivity contribution in [3.05, 3.63) is 0 Å². The fourth-order valence-electron chi connectivity index (χ4n) is 9.73. The van der Waals surface area contributed by atoms with Crippen LogP contribution in [-0.2, 0) is 76.2 Å². The number of carbonyl (C=O) groups is 3. The summed E-state index contributed by atoms with van der Waals surface area (Å²) in [5, 5.41) is 139. The third-order valence-corrected chi connectivity index (χ3v) is 19.3. The number of likely N-dealkylation sites (N-methyl/N-ethyl adjacent to an activating group) is 2. The second-order valence-corrected chi connectivity index (χ2v) is 27.1. The first-order valence-corrected chi connectivity index (χ1v) is 35.6. The Bertz CT molecular complexity index is 2220. The molecular formula is C57H105N7O29S4. The molecule has 0 spiro atoms. The average molecular weight is 1480 g/mol. The van der Waals surface area contributed by atoms with Crippen molar-refractivity contribution >= 4 is 83.0 Å². The highest BCUT2D eigenvalue weighted by Gasteiger charge is 2.51. The summed E-state index contributed by atoms with van der Waals surface area (Å²) < 4.78 is 53.4. The van der Waals surface area contributed by atoms with E-state index >= 15 is 0 Å². The number of nitrogens with two attached hydrogens (primary N) is 2. The van der Waals surface area contributed by atoms with E-state index in [-0.39, 0.29) is 76.7 Å². The lowest BCUT2D eigenvalue weighted by Crippen LogP contribution is -2.63. The molecule has 4 saturated heterocycles. The lowest BCUT2D eigenvalue weighted by molar-refractivity contribution is -0.346. The zero-order valence-corrected chi connectivity index (χ0v) is 57.3. The number of thioether (sulfide) groups is 4. The molecule has 0 radical (unpaired) electrons. The summed E-state index contributed by atoms with van der Waals surface area (Å²) in [6.45, 7) is 2.93. The number of aliphatic carboxylic acids is 2. The van der Waals surface area contributed by atoms with Gasteiger partial charge >= 0.3 is 24.2 Å². The lowest BCUT2D eigenvalue weighted by atomic mass is 9.96. The van der Waals surface area contributed by atoms with E-state index in [1.54, 1.807) is 42.4 Å². The summed E-state index contributed by atoms with van der Waals surface area (Å²) in [7, 11) is 3.52. The maximum atomic E-state index is 12.7. The molecule has 0 saturated carbocycles. The first kappa shape index (κ1) is 92.1. The van der Waals surface area contributed by atoms with E-state index in [1.165, 1.54) is 16.7 Å². The number of carboxylic acid groups (broad SMARTS) is 2. The number of carbonyl (C=O) groups excluding carboxylic acids is 5. The maximum Gasteiger partial charge on any atom is 0.373 e. The van der Waals surface area contributed by atoms with Crippen LogP contribution in [0.25, 0.3) is 0 Å². The topological polar surface area (TPSA) is 552 Å². The van der Waals surface area contributed by atoms with Gasteiger partial charge in [-0.2, -0.15) is 54.5 Å². The van der Waals surface area contributed by atoms with Crippen LogP contribution in [0.15, 0.2) is 4.99 Å². The number of amides is 1. The minimum absolute atomic E-state index is 0. The summed E-state index contributed by atoms with van der Waals surface area (Å²) >= 11 is 5.72. The van der Waals surface area contributed by atoms with E-state index in [0.29, 0.717) is 100 Å². The van der Waals surface area contributed by atoms with Crippen LogP contribution in [0.5, 0.6) is 0 Å². The molecule has 4 aliphatic rings. The Morgan fingerprint density at radius 1 is 0.557 bits per heavy atom. The second-order valence-electron chi connectivity index (χ2n) is 22.3. The normalized spacial score (nSPS) is 30.5. The van der Waals surface area contributed by atoms with E-state index < -0.39 is 154 Å².